The molecule has 2 amide bonds. The summed E-state index contributed by atoms with van der Waals surface area (Å²) in [5.41, 5.74) is 1.23. The smallest absolute Gasteiger partial charge is 0.342 e. The number of esters is 1. The third-order valence-corrected chi connectivity index (χ3v) is 3.74. The van der Waals surface area contributed by atoms with E-state index in [1.165, 1.54) is 27.0 Å². The van der Waals surface area contributed by atoms with Crippen molar-refractivity contribution in [2.45, 2.75) is 20.0 Å². The Bertz CT molecular complexity index is 852. The van der Waals surface area contributed by atoms with E-state index in [0.29, 0.717) is 22.1 Å². The predicted octanol–water partition coefficient (Wildman–Crippen LogP) is 3.49. The monoisotopic (exact) mass is 390 g/mol. The SMILES string of the molecule is COc1ccc(Cl)cc1C(=O)O[C@@H](C)C(=O)Nc1ccc(NC(C)=O)cc1. The number of amides is 2. The Hall–Kier alpha value is -3.06. The minimum Gasteiger partial charge on any atom is -0.496 e. The molecule has 2 N–H and O–H groups in total. The van der Waals surface area contributed by atoms with Crippen molar-refractivity contribution in [1.29, 1.82) is 0 Å². The summed E-state index contributed by atoms with van der Waals surface area (Å²) >= 11 is 5.90. The molecule has 0 aliphatic rings. The van der Waals surface area contributed by atoms with Gasteiger partial charge in [0.15, 0.2) is 6.10 Å². The predicted molar refractivity (Wildman–Crippen MR) is 102 cm³/mol. The number of carbonyl (C=O) groups excluding carboxylic acids is 3. The summed E-state index contributed by atoms with van der Waals surface area (Å²) in [6.45, 7) is 2.86. The van der Waals surface area contributed by atoms with Gasteiger partial charge in [-0.2, -0.15) is 0 Å². The molecule has 0 saturated carbocycles. The molecule has 8 heteroatoms. The second kappa shape index (κ2) is 9.05. The minimum absolute atomic E-state index is 0.129. The quantitative estimate of drug-likeness (QED) is 0.736. The van der Waals surface area contributed by atoms with Gasteiger partial charge in [-0.15, -0.1) is 0 Å². The van der Waals surface area contributed by atoms with E-state index in [9.17, 15) is 14.4 Å². The molecular formula is C19H19ClN2O5. The second-order valence-corrected chi connectivity index (χ2v) is 6.08. The molecule has 0 fully saturated rings. The second-order valence-electron chi connectivity index (χ2n) is 5.64. The molecule has 2 aromatic carbocycles. The highest BCUT2D eigenvalue weighted by Gasteiger charge is 2.21. The first-order chi connectivity index (χ1) is 12.8. The molecule has 0 heterocycles. The maximum absolute atomic E-state index is 12.3. The Kier molecular flexibility index (Phi) is 6.79. The summed E-state index contributed by atoms with van der Waals surface area (Å²) in [7, 11) is 1.42. The fourth-order valence-corrected chi connectivity index (χ4v) is 2.37. The van der Waals surface area contributed by atoms with Crippen LogP contribution < -0.4 is 15.4 Å². The Morgan fingerprint density at radius 2 is 1.59 bits per heavy atom. The number of nitrogens with one attached hydrogen (secondary N) is 2. The number of methoxy groups -OCH3 is 1. The van der Waals surface area contributed by atoms with E-state index in [0.717, 1.165) is 0 Å². The Balaban J connectivity index is 2.00. The molecule has 1 atom stereocenters. The van der Waals surface area contributed by atoms with Crippen molar-refractivity contribution >= 4 is 40.8 Å². The molecule has 0 radical (unpaired) electrons. The minimum atomic E-state index is -1.05. The summed E-state index contributed by atoms with van der Waals surface area (Å²) in [4.78, 5) is 35.6. The maximum atomic E-state index is 12.3. The lowest BCUT2D eigenvalue weighted by Gasteiger charge is -2.15. The van der Waals surface area contributed by atoms with Crippen LogP contribution in [0.5, 0.6) is 5.75 Å². The molecule has 0 aliphatic heterocycles. The van der Waals surface area contributed by atoms with Gasteiger partial charge in [0.1, 0.15) is 11.3 Å². The van der Waals surface area contributed by atoms with Crippen LogP contribution in [0.4, 0.5) is 11.4 Å². The van der Waals surface area contributed by atoms with Crippen LogP contribution in [-0.4, -0.2) is 31.0 Å². The topological polar surface area (TPSA) is 93.7 Å². The first-order valence-electron chi connectivity index (χ1n) is 8.03. The Labute approximate surface area is 161 Å². The summed E-state index contributed by atoms with van der Waals surface area (Å²) in [5.74, 6) is -1.12. The van der Waals surface area contributed by atoms with E-state index in [2.05, 4.69) is 10.6 Å². The van der Waals surface area contributed by atoms with Gasteiger partial charge in [-0.05, 0) is 49.4 Å². The number of carbonyl (C=O) groups is 3. The molecule has 2 aromatic rings. The van der Waals surface area contributed by atoms with Gasteiger partial charge >= 0.3 is 5.97 Å². The van der Waals surface area contributed by atoms with Crippen LogP contribution in [0, 0.1) is 0 Å². The van der Waals surface area contributed by atoms with Crippen LogP contribution in [0.25, 0.3) is 0 Å². The van der Waals surface area contributed by atoms with Gasteiger partial charge in [-0.1, -0.05) is 11.6 Å². The van der Waals surface area contributed by atoms with E-state index in [1.807, 2.05) is 0 Å². The van der Waals surface area contributed by atoms with Crippen LogP contribution >= 0.6 is 11.6 Å². The lowest BCUT2D eigenvalue weighted by molar-refractivity contribution is -0.123. The van der Waals surface area contributed by atoms with Gasteiger partial charge in [-0.25, -0.2) is 4.79 Å². The molecule has 7 nitrogen and oxygen atoms in total. The molecule has 27 heavy (non-hydrogen) atoms. The molecule has 2 rings (SSSR count). The molecule has 0 spiro atoms. The Morgan fingerprint density at radius 1 is 1.00 bits per heavy atom. The van der Waals surface area contributed by atoms with Crippen molar-refractivity contribution in [3.05, 3.63) is 53.1 Å². The highest BCUT2D eigenvalue weighted by molar-refractivity contribution is 6.31. The summed E-state index contributed by atoms with van der Waals surface area (Å²) in [5, 5.41) is 5.60. The summed E-state index contributed by atoms with van der Waals surface area (Å²) in [6, 6.07) is 11.1. The van der Waals surface area contributed by atoms with Crippen molar-refractivity contribution < 1.29 is 23.9 Å². The number of hydrogen-bond acceptors (Lipinski definition) is 5. The van der Waals surface area contributed by atoms with E-state index >= 15 is 0 Å². The molecule has 0 bridgehead atoms. The van der Waals surface area contributed by atoms with Crippen molar-refractivity contribution in [2.75, 3.05) is 17.7 Å². The van der Waals surface area contributed by atoms with Gasteiger partial charge in [0.25, 0.3) is 5.91 Å². The van der Waals surface area contributed by atoms with Crippen LogP contribution in [0.3, 0.4) is 0 Å². The summed E-state index contributed by atoms with van der Waals surface area (Å²) < 4.78 is 10.3. The average molecular weight is 391 g/mol. The van der Waals surface area contributed by atoms with Gasteiger partial charge < -0.3 is 20.1 Å². The van der Waals surface area contributed by atoms with E-state index < -0.39 is 18.0 Å². The number of rotatable bonds is 6. The van der Waals surface area contributed by atoms with E-state index in [4.69, 9.17) is 21.1 Å². The largest absolute Gasteiger partial charge is 0.496 e. The molecular weight excluding hydrogens is 372 g/mol. The molecule has 0 saturated heterocycles. The number of anilines is 2. The summed E-state index contributed by atoms with van der Waals surface area (Å²) in [6.07, 6.45) is -1.05. The van der Waals surface area contributed by atoms with Crippen molar-refractivity contribution in [2.24, 2.45) is 0 Å². The zero-order valence-corrected chi connectivity index (χ0v) is 15.8. The first kappa shape index (κ1) is 20.3. The zero-order chi connectivity index (χ0) is 20.0. The number of halogens is 1. The van der Waals surface area contributed by atoms with E-state index in [-0.39, 0.29) is 11.5 Å². The highest BCUT2D eigenvalue weighted by atomic mass is 35.5. The van der Waals surface area contributed by atoms with Gasteiger partial charge in [0.2, 0.25) is 5.91 Å². The molecule has 142 valence electrons. The lowest BCUT2D eigenvalue weighted by atomic mass is 10.2. The van der Waals surface area contributed by atoms with Crippen molar-refractivity contribution in [3.8, 4) is 5.75 Å². The van der Waals surface area contributed by atoms with Crippen molar-refractivity contribution in [1.82, 2.24) is 0 Å². The number of benzene rings is 2. The number of hydrogen-bond donors (Lipinski definition) is 2. The third kappa shape index (κ3) is 5.72. The molecule has 0 aromatic heterocycles. The first-order valence-corrected chi connectivity index (χ1v) is 8.41. The fourth-order valence-electron chi connectivity index (χ4n) is 2.20. The highest BCUT2D eigenvalue weighted by Crippen LogP contribution is 2.24. The van der Waals surface area contributed by atoms with Crippen LogP contribution in [0.1, 0.15) is 24.2 Å². The fraction of sp³-hybridized carbons (Fsp3) is 0.211. The van der Waals surface area contributed by atoms with Gasteiger partial charge in [0.05, 0.1) is 7.11 Å². The van der Waals surface area contributed by atoms with Gasteiger partial charge in [0, 0.05) is 23.3 Å². The van der Waals surface area contributed by atoms with Crippen LogP contribution in [0.15, 0.2) is 42.5 Å². The molecule has 0 unspecified atom stereocenters. The van der Waals surface area contributed by atoms with Crippen molar-refractivity contribution in [3.63, 3.8) is 0 Å². The Morgan fingerprint density at radius 3 is 2.15 bits per heavy atom. The maximum Gasteiger partial charge on any atom is 0.342 e. The normalized spacial score (nSPS) is 11.3. The molecule has 0 aliphatic carbocycles. The lowest BCUT2D eigenvalue weighted by Crippen LogP contribution is -2.30. The third-order valence-electron chi connectivity index (χ3n) is 3.51. The van der Waals surface area contributed by atoms with E-state index in [1.54, 1.807) is 36.4 Å². The van der Waals surface area contributed by atoms with Crippen LogP contribution in [0.2, 0.25) is 5.02 Å². The van der Waals surface area contributed by atoms with Gasteiger partial charge in [-0.3, -0.25) is 9.59 Å². The average Bonchev–Trinajstić information content (AvgIpc) is 2.62. The zero-order valence-electron chi connectivity index (χ0n) is 15.0. The standard InChI is InChI=1S/C19H19ClN2O5/c1-11(27-19(25)16-10-13(20)4-9-17(16)26-3)18(24)22-15-7-5-14(6-8-15)21-12(2)23/h4-11H,1-3H3,(H,21,23)(H,22,24)/t11-/m0/s1. The van der Waals surface area contributed by atoms with Crippen LogP contribution in [-0.2, 0) is 14.3 Å². The number of ether oxygens (including phenoxy) is 2.